The van der Waals surface area contributed by atoms with Crippen LogP contribution in [0, 0.1) is 0 Å². The van der Waals surface area contributed by atoms with E-state index in [1.807, 2.05) is 13.0 Å². The third kappa shape index (κ3) is 7.43. The van der Waals surface area contributed by atoms with Crippen molar-refractivity contribution < 1.29 is 19.7 Å². The summed E-state index contributed by atoms with van der Waals surface area (Å²) in [4.78, 5) is 11.2. The van der Waals surface area contributed by atoms with Crippen LogP contribution in [0.15, 0.2) is 11.6 Å². The lowest BCUT2D eigenvalue weighted by molar-refractivity contribution is -0.148. The molecular weight excluding hydrogens is 208 g/mol. The van der Waals surface area contributed by atoms with Crippen LogP contribution in [0.4, 0.5) is 0 Å². The number of aliphatic hydroxyl groups is 2. The topological polar surface area (TPSA) is 66.8 Å². The van der Waals surface area contributed by atoms with Gasteiger partial charge in [0.15, 0.2) is 0 Å². The highest BCUT2D eigenvalue weighted by atomic mass is 16.5. The molecule has 0 aromatic rings. The zero-order chi connectivity index (χ0) is 12.6. The second-order valence-corrected chi connectivity index (χ2v) is 4.23. The van der Waals surface area contributed by atoms with Gasteiger partial charge in [-0.2, -0.15) is 0 Å². The molecule has 4 nitrogen and oxygen atoms in total. The van der Waals surface area contributed by atoms with E-state index in [1.54, 1.807) is 13.8 Å². The summed E-state index contributed by atoms with van der Waals surface area (Å²) in [6.07, 6.45) is 2.98. The van der Waals surface area contributed by atoms with Crippen molar-refractivity contribution in [2.45, 2.75) is 45.6 Å². The molecule has 16 heavy (non-hydrogen) atoms. The molecule has 0 aromatic heterocycles. The average Bonchev–Trinajstić information content (AvgIpc) is 2.16. The van der Waals surface area contributed by atoms with Gasteiger partial charge in [0.05, 0.1) is 25.2 Å². The molecule has 0 radical (unpaired) electrons. The fraction of sp³-hybridized carbons (Fsp3) is 0.750. The van der Waals surface area contributed by atoms with Gasteiger partial charge in [0.1, 0.15) is 0 Å². The number of carbonyl (C=O) groups is 1. The average molecular weight is 230 g/mol. The van der Waals surface area contributed by atoms with Crippen LogP contribution >= 0.6 is 0 Å². The van der Waals surface area contributed by atoms with Gasteiger partial charge in [0.2, 0.25) is 0 Å². The molecule has 4 heteroatoms. The molecule has 2 N–H and O–H groups in total. The number of ether oxygens (including phenoxy) is 1. The fourth-order valence-electron chi connectivity index (χ4n) is 1.31. The van der Waals surface area contributed by atoms with Crippen molar-refractivity contribution in [2.24, 2.45) is 0 Å². The minimum absolute atomic E-state index is 0.00680. The third-order valence-electron chi connectivity index (χ3n) is 2.26. The highest BCUT2D eigenvalue weighted by molar-refractivity contribution is 5.70. The predicted octanol–water partition coefficient (Wildman–Crippen LogP) is 1.41. The van der Waals surface area contributed by atoms with Crippen molar-refractivity contribution in [3.8, 4) is 0 Å². The Kier molecular flexibility index (Phi) is 7.01. The maximum absolute atomic E-state index is 11.2. The normalized spacial score (nSPS) is 15.7. The van der Waals surface area contributed by atoms with Crippen LogP contribution in [-0.4, -0.2) is 35.0 Å². The Morgan fingerprint density at radius 1 is 1.50 bits per heavy atom. The summed E-state index contributed by atoms with van der Waals surface area (Å²) in [5, 5.41) is 18.7. The van der Waals surface area contributed by atoms with Crippen molar-refractivity contribution in [2.75, 3.05) is 13.2 Å². The molecule has 0 fully saturated rings. The highest BCUT2D eigenvalue weighted by Crippen LogP contribution is 2.18. The molecule has 0 aliphatic rings. The Morgan fingerprint density at radius 2 is 2.12 bits per heavy atom. The first-order valence-corrected chi connectivity index (χ1v) is 5.56. The van der Waals surface area contributed by atoms with Gasteiger partial charge in [-0.15, -0.1) is 0 Å². The summed E-state index contributed by atoms with van der Waals surface area (Å²) in [5.74, 6) is -0.379. The second-order valence-electron chi connectivity index (χ2n) is 4.23. The van der Waals surface area contributed by atoms with Gasteiger partial charge in [0, 0.05) is 0 Å². The van der Waals surface area contributed by atoms with Crippen molar-refractivity contribution in [3.63, 3.8) is 0 Å². The molecule has 0 bridgehead atoms. The number of hydrogen-bond donors (Lipinski definition) is 2. The van der Waals surface area contributed by atoms with Crippen LogP contribution in [-0.2, 0) is 9.53 Å². The molecule has 0 aliphatic heterocycles. The molecule has 1 unspecified atom stereocenters. The molecule has 0 amide bonds. The van der Waals surface area contributed by atoms with E-state index in [2.05, 4.69) is 0 Å². The first-order valence-electron chi connectivity index (χ1n) is 5.56. The monoisotopic (exact) mass is 230 g/mol. The number of hydrogen-bond acceptors (Lipinski definition) is 4. The van der Waals surface area contributed by atoms with Crippen molar-refractivity contribution >= 4 is 5.97 Å². The first-order chi connectivity index (χ1) is 7.41. The van der Waals surface area contributed by atoms with Crippen LogP contribution in [0.2, 0.25) is 0 Å². The first kappa shape index (κ1) is 15.1. The smallest absolute Gasteiger partial charge is 0.308 e. The summed E-state index contributed by atoms with van der Waals surface area (Å²) in [6.45, 7) is 5.53. The molecule has 0 aromatic carbocycles. The van der Waals surface area contributed by atoms with E-state index < -0.39 is 5.60 Å². The lowest BCUT2D eigenvalue weighted by Crippen LogP contribution is -2.28. The molecule has 94 valence electrons. The standard InChI is InChI=1S/C12H22O4/c1-4-16-11(14)8-12(3,15)7-5-6-10(2)9-13/h6,13,15H,4-5,7-9H2,1-3H3/b10-6+. The summed E-state index contributed by atoms with van der Waals surface area (Å²) in [7, 11) is 0. The van der Waals surface area contributed by atoms with E-state index in [0.717, 1.165) is 5.57 Å². The van der Waals surface area contributed by atoms with E-state index in [0.29, 0.717) is 19.4 Å². The minimum atomic E-state index is -1.04. The molecule has 0 spiro atoms. The molecule has 0 aliphatic carbocycles. The van der Waals surface area contributed by atoms with E-state index >= 15 is 0 Å². The molecule has 1 atom stereocenters. The van der Waals surface area contributed by atoms with E-state index in [4.69, 9.17) is 9.84 Å². The number of aliphatic hydroxyl groups excluding tert-OH is 1. The number of rotatable bonds is 7. The summed E-state index contributed by atoms with van der Waals surface area (Å²) >= 11 is 0. The van der Waals surface area contributed by atoms with Crippen LogP contribution in [0.25, 0.3) is 0 Å². The van der Waals surface area contributed by atoms with Crippen LogP contribution in [0.3, 0.4) is 0 Å². The zero-order valence-corrected chi connectivity index (χ0v) is 10.3. The number of esters is 1. The second kappa shape index (κ2) is 7.41. The molecule has 0 saturated carbocycles. The van der Waals surface area contributed by atoms with Gasteiger partial charge in [-0.25, -0.2) is 0 Å². The predicted molar refractivity (Wildman–Crippen MR) is 62.0 cm³/mol. The summed E-state index contributed by atoms with van der Waals surface area (Å²) < 4.78 is 4.77. The Hall–Kier alpha value is -0.870. The molecule has 0 heterocycles. The zero-order valence-electron chi connectivity index (χ0n) is 10.3. The van der Waals surface area contributed by atoms with Gasteiger partial charge in [-0.3, -0.25) is 4.79 Å². The minimum Gasteiger partial charge on any atom is -0.466 e. The maximum atomic E-state index is 11.2. The van der Waals surface area contributed by atoms with Crippen molar-refractivity contribution in [1.82, 2.24) is 0 Å². The van der Waals surface area contributed by atoms with Gasteiger partial charge >= 0.3 is 5.97 Å². The van der Waals surface area contributed by atoms with Gasteiger partial charge in [-0.1, -0.05) is 11.6 Å². The van der Waals surface area contributed by atoms with Gasteiger partial charge in [-0.05, 0) is 33.6 Å². The largest absolute Gasteiger partial charge is 0.466 e. The van der Waals surface area contributed by atoms with Crippen LogP contribution < -0.4 is 0 Å². The SMILES string of the molecule is CCOC(=O)CC(C)(O)CC/C=C(\C)CO. The van der Waals surface area contributed by atoms with E-state index in [9.17, 15) is 9.90 Å². The number of carbonyl (C=O) groups excluding carboxylic acids is 1. The summed E-state index contributed by atoms with van der Waals surface area (Å²) in [5.41, 5.74) is -0.176. The van der Waals surface area contributed by atoms with Crippen molar-refractivity contribution in [3.05, 3.63) is 11.6 Å². The lowest BCUT2D eigenvalue weighted by Gasteiger charge is -2.21. The Morgan fingerprint density at radius 3 is 2.62 bits per heavy atom. The van der Waals surface area contributed by atoms with Crippen molar-refractivity contribution in [1.29, 1.82) is 0 Å². The Balaban J connectivity index is 4.00. The molecular formula is C12H22O4. The van der Waals surface area contributed by atoms with E-state index in [1.165, 1.54) is 0 Å². The number of allylic oxidation sites excluding steroid dienone is 1. The molecule has 0 saturated heterocycles. The fourth-order valence-corrected chi connectivity index (χ4v) is 1.31. The van der Waals surface area contributed by atoms with Gasteiger partial charge in [0.25, 0.3) is 0 Å². The Labute approximate surface area is 96.9 Å². The third-order valence-corrected chi connectivity index (χ3v) is 2.26. The quantitative estimate of drug-likeness (QED) is 0.512. The van der Waals surface area contributed by atoms with Crippen LogP contribution in [0.1, 0.15) is 40.0 Å². The van der Waals surface area contributed by atoms with Crippen LogP contribution in [0.5, 0.6) is 0 Å². The lowest BCUT2D eigenvalue weighted by atomic mass is 9.96. The maximum Gasteiger partial charge on any atom is 0.308 e. The Bertz CT molecular complexity index is 243. The highest BCUT2D eigenvalue weighted by Gasteiger charge is 2.24. The molecule has 0 rings (SSSR count). The summed E-state index contributed by atoms with van der Waals surface area (Å²) in [6, 6.07) is 0. The van der Waals surface area contributed by atoms with Gasteiger partial charge < -0.3 is 14.9 Å². The van der Waals surface area contributed by atoms with E-state index in [-0.39, 0.29) is 19.0 Å².